The van der Waals surface area contributed by atoms with E-state index in [1.807, 2.05) is 42.5 Å². The molecule has 0 bridgehead atoms. The van der Waals surface area contributed by atoms with Crippen LogP contribution in [-0.4, -0.2) is 6.10 Å². The van der Waals surface area contributed by atoms with Crippen LogP contribution in [0.3, 0.4) is 0 Å². The quantitative estimate of drug-likeness (QED) is 0.796. The Bertz CT molecular complexity index is 539. The predicted molar refractivity (Wildman–Crippen MR) is 85.6 cm³/mol. The van der Waals surface area contributed by atoms with Crippen LogP contribution in [0.25, 0.3) is 0 Å². The second kappa shape index (κ2) is 7.20. The van der Waals surface area contributed by atoms with Crippen LogP contribution in [-0.2, 0) is 6.54 Å². The summed E-state index contributed by atoms with van der Waals surface area (Å²) >= 11 is 5.97. The number of ether oxygens (including phenoxy) is 1. The fourth-order valence-electron chi connectivity index (χ4n) is 1.82. The molecule has 1 N–H and O–H groups in total. The van der Waals surface area contributed by atoms with Gasteiger partial charge in [-0.1, -0.05) is 30.7 Å². The molecule has 0 aromatic heterocycles. The molecular weight excluding hydrogens is 270 g/mol. The molecule has 2 aromatic rings. The normalized spacial score (nSPS) is 11.9. The Morgan fingerprint density at radius 1 is 1.15 bits per heavy atom. The highest BCUT2D eigenvalue weighted by Crippen LogP contribution is 2.18. The van der Waals surface area contributed by atoms with E-state index in [0.29, 0.717) is 0 Å². The van der Waals surface area contributed by atoms with Crippen LogP contribution in [0.5, 0.6) is 5.75 Å². The molecule has 0 fully saturated rings. The summed E-state index contributed by atoms with van der Waals surface area (Å²) < 4.78 is 5.75. The first-order valence-electron chi connectivity index (χ1n) is 6.92. The van der Waals surface area contributed by atoms with Crippen molar-refractivity contribution >= 4 is 17.3 Å². The summed E-state index contributed by atoms with van der Waals surface area (Å²) in [5.41, 5.74) is 2.24. The average Bonchev–Trinajstić information content (AvgIpc) is 2.46. The van der Waals surface area contributed by atoms with Gasteiger partial charge in [0.1, 0.15) is 5.75 Å². The minimum Gasteiger partial charge on any atom is -0.491 e. The maximum Gasteiger partial charge on any atom is 0.119 e. The van der Waals surface area contributed by atoms with E-state index in [1.165, 1.54) is 0 Å². The maximum atomic E-state index is 5.97. The molecule has 2 nitrogen and oxygen atoms in total. The first kappa shape index (κ1) is 14.7. The van der Waals surface area contributed by atoms with Gasteiger partial charge in [-0.3, -0.25) is 0 Å². The van der Waals surface area contributed by atoms with Gasteiger partial charge < -0.3 is 10.1 Å². The molecule has 0 aliphatic carbocycles. The first-order valence-corrected chi connectivity index (χ1v) is 7.30. The summed E-state index contributed by atoms with van der Waals surface area (Å²) in [6.45, 7) is 4.95. The molecule has 1 atom stereocenters. The molecule has 106 valence electrons. The van der Waals surface area contributed by atoms with Gasteiger partial charge in [0.15, 0.2) is 0 Å². The van der Waals surface area contributed by atoms with Crippen LogP contribution in [0.15, 0.2) is 48.5 Å². The minimum atomic E-state index is 0.250. The molecule has 0 spiro atoms. The zero-order valence-electron chi connectivity index (χ0n) is 11.9. The summed E-state index contributed by atoms with van der Waals surface area (Å²) in [7, 11) is 0. The topological polar surface area (TPSA) is 21.3 Å². The Kier molecular flexibility index (Phi) is 5.31. The third-order valence-corrected chi connectivity index (χ3v) is 3.39. The second-order valence-electron chi connectivity index (χ2n) is 4.84. The molecule has 0 saturated carbocycles. The second-order valence-corrected chi connectivity index (χ2v) is 5.28. The number of hydrogen-bond acceptors (Lipinski definition) is 2. The van der Waals surface area contributed by atoms with Crippen molar-refractivity contribution in [2.75, 3.05) is 5.32 Å². The van der Waals surface area contributed by atoms with E-state index in [-0.39, 0.29) is 6.10 Å². The SMILES string of the molecule is CCC(C)Oc1ccc(NCc2cccc(Cl)c2)cc1. The smallest absolute Gasteiger partial charge is 0.119 e. The fourth-order valence-corrected chi connectivity index (χ4v) is 2.03. The molecular formula is C17H20ClNO. The third-order valence-electron chi connectivity index (χ3n) is 3.15. The van der Waals surface area contributed by atoms with Gasteiger partial charge in [0.25, 0.3) is 0 Å². The number of halogens is 1. The van der Waals surface area contributed by atoms with E-state index in [0.717, 1.165) is 35.0 Å². The van der Waals surface area contributed by atoms with Crippen LogP contribution < -0.4 is 10.1 Å². The molecule has 0 amide bonds. The molecule has 3 heteroatoms. The standard InChI is InChI=1S/C17H20ClNO/c1-3-13(2)20-17-9-7-16(8-10-17)19-12-14-5-4-6-15(18)11-14/h4-11,13,19H,3,12H2,1-2H3. The highest BCUT2D eigenvalue weighted by molar-refractivity contribution is 6.30. The zero-order valence-corrected chi connectivity index (χ0v) is 12.7. The van der Waals surface area contributed by atoms with Crippen LogP contribution in [0.4, 0.5) is 5.69 Å². The van der Waals surface area contributed by atoms with Crippen molar-refractivity contribution in [3.63, 3.8) is 0 Å². The third kappa shape index (κ3) is 4.46. The Balaban J connectivity index is 1.90. The lowest BCUT2D eigenvalue weighted by Crippen LogP contribution is -2.09. The van der Waals surface area contributed by atoms with Gasteiger partial charge in [0, 0.05) is 17.3 Å². The monoisotopic (exact) mass is 289 g/mol. The Morgan fingerprint density at radius 3 is 2.55 bits per heavy atom. The van der Waals surface area contributed by atoms with Crippen LogP contribution in [0.1, 0.15) is 25.8 Å². The molecule has 0 saturated heterocycles. The van der Waals surface area contributed by atoms with Gasteiger partial charge >= 0.3 is 0 Å². The molecule has 1 unspecified atom stereocenters. The molecule has 2 rings (SSSR count). The van der Waals surface area contributed by atoms with Crippen LogP contribution in [0, 0.1) is 0 Å². The Labute approximate surface area is 125 Å². The number of anilines is 1. The van der Waals surface area contributed by atoms with Crippen molar-refractivity contribution < 1.29 is 4.74 Å². The largest absolute Gasteiger partial charge is 0.491 e. The summed E-state index contributed by atoms with van der Waals surface area (Å²) in [5, 5.41) is 4.13. The van der Waals surface area contributed by atoms with Crippen molar-refractivity contribution in [3.8, 4) is 5.75 Å². The fraction of sp³-hybridized carbons (Fsp3) is 0.294. The van der Waals surface area contributed by atoms with Crippen molar-refractivity contribution in [3.05, 3.63) is 59.1 Å². The van der Waals surface area contributed by atoms with Crippen molar-refractivity contribution in [2.24, 2.45) is 0 Å². The lowest BCUT2D eigenvalue weighted by atomic mass is 10.2. The van der Waals surface area contributed by atoms with Gasteiger partial charge in [0.2, 0.25) is 0 Å². The maximum absolute atomic E-state index is 5.97. The van der Waals surface area contributed by atoms with Gasteiger partial charge in [-0.2, -0.15) is 0 Å². The predicted octanol–water partition coefficient (Wildman–Crippen LogP) is 5.13. The molecule has 0 aliphatic heterocycles. The lowest BCUT2D eigenvalue weighted by Gasteiger charge is -2.13. The summed E-state index contributed by atoms with van der Waals surface area (Å²) in [6, 6.07) is 15.9. The van der Waals surface area contributed by atoms with E-state index in [1.54, 1.807) is 0 Å². The molecule has 0 heterocycles. The Morgan fingerprint density at radius 2 is 1.90 bits per heavy atom. The summed E-state index contributed by atoms with van der Waals surface area (Å²) in [5.74, 6) is 0.910. The van der Waals surface area contributed by atoms with E-state index >= 15 is 0 Å². The van der Waals surface area contributed by atoms with Gasteiger partial charge in [-0.25, -0.2) is 0 Å². The van der Waals surface area contributed by atoms with Gasteiger partial charge in [0.05, 0.1) is 6.10 Å². The summed E-state index contributed by atoms with van der Waals surface area (Å²) in [6.07, 6.45) is 1.26. The summed E-state index contributed by atoms with van der Waals surface area (Å²) in [4.78, 5) is 0. The molecule has 0 radical (unpaired) electrons. The molecule has 0 aliphatic rings. The van der Waals surface area contributed by atoms with E-state index < -0.39 is 0 Å². The van der Waals surface area contributed by atoms with Crippen molar-refractivity contribution in [2.45, 2.75) is 32.9 Å². The lowest BCUT2D eigenvalue weighted by molar-refractivity contribution is 0.217. The number of rotatable bonds is 6. The number of hydrogen-bond donors (Lipinski definition) is 1. The van der Waals surface area contributed by atoms with Crippen molar-refractivity contribution in [1.82, 2.24) is 0 Å². The zero-order chi connectivity index (χ0) is 14.4. The molecule has 2 aromatic carbocycles. The van der Waals surface area contributed by atoms with E-state index in [9.17, 15) is 0 Å². The van der Waals surface area contributed by atoms with E-state index in [2.05, 4.69) is 25.2 Å². The molecule has 20 heavy (non-hydrogen) atoms. The number of nitrogens with one attached hydrogen (secondary N) is 1. The minimum absolute atomic E-state index is 0.250. The van der Waals surface area contributed by atoms with Gasteiger partial charge in [-0.15, -0.1) is 0 Å². The highest BCUT2D eigenvalue weighted by Gasteiger charge is 2.01. The number of benzene rings is 2. The average molecular weight is 290 g/mol. The van der Waals surface area contributed by atoms with Crippen LogP contribution >= 0.6 is 11.6 Å². The highest BCUT2D eigenvalue weighted by atomic mass is 35.5. The van der Waals surface area contributed by atoms with Gasteiger partial charge in [-0.05, 0) is 55.3 Å². The van der Waals surface area contributed by atoms with E-state index in [4.69, 9.17) is 16.3 Å². The van der Waals surface area contributed by atoms with Crippen LogP contribution in [0.2, 0.25) is 5.02 Å². The first-order chi connectivity index (χ1) is 9.67. The van der Waals surface area contributed by atoms with Crippen molar-refractivity contribution in [1.29, 1.82) is 0 Å². The Hall–Kier alpha value is -1.67.